The molecule has 0 heterocycles. The van der Waals surface area contributed by atoms with E-state index in [0.717, 1.165) is 6.07 Å². The number of nitro benzene ring substituents is 1. The highest BCUT2D eigenvalue weighted by molar-refractivity contribution is 6.35. The van der Waals surface area contributed by atoms with E-state index in [1.165, 1.54) is 12.1 Å². The van der Waals surface area contributed by atoms with Crippen molar-refractivity contribution in [2.24, 2.45) is 0 Å². The van der Waals surface area contributed by atoms with Crippen LogP contribution in [0.4, 0.5) is 18.9 Å². The van der Waals surface area contributed by atoms with Crippen molar-refractivity contribution in [1.29, 1.82) is 0 Å². The smallest absolute Gasteiger partial charge is 0.327 e. The minimum atomic E-state index is -4.54. The molecule has 0 atom stereocenters. The topological polar surface area (TPSA) is 63.4 Å². The fraction of sp³-hybridized carbons (Fsp3) is 0.417. The van der Waals surface area contributed by atoms with Gasteiger partial charge < -0.3 is 4.90 Å². The van der Waals surface area contributed by atoms with Crippen LogP contribution < -0.4 is 0 Å². The largest absolute Gasteiger partial charge is 0.406 e. The third-order valence-electron chi connectivity index (χ3n) is 3.00. The molecule has 0 bridgehead atoms. The van der Waals surface area contributed by atoms with Gasteiger partial charge in [-0.05, 0) is 18.9 Å². The fourth-order valence-electron chi connectivity index (χ4n) is 1.93. The van der Waals surface area contributed by atoms with Crippen LogP contribution in [0.3, 0.4) is 0 Å². The summed E-state index contributed by atoms with van der Waals surface area (Å²) in [6, 6.07) is 3.00. The predicted molar refractivity (Wildman–Crippen MR) is 68.2 cm³/mol. The van der Waals surface area contributed by atoms with Crippen molar-refractivity contribution in [1.82, 2.24) is 4.90 Å². The van der Waals surface area contributed by atoms with Gasteiger partial charge in [0, 0.05) is 12.1 Å². The van der Waals surface area contributed by atoms with Crippen LogP contribution in [0.5, 0.6) is 0 Å². The van der Waals surface area contributed by atoms with Gasteiger partial charge in [-0.1, -0.05) is 17.7 Å². The van der Waals surface area contributed by atoms with Gasteiger partial charge in [0.15, 0.2) is 0 Å². The molecule has 0 aliphatic heterocycles. The van der Waals surface area contributed by atoms with E-state index in [4.69, 9.17) is 11.6 Å². The molecule has 1 aliphatic rings. The summed E-state index contributed by atoms with van der Waals surface area (Å²) >= 11 is 5.77. The van der Waals surface area contributed by atoms with E-state index in [1.807, 2.05) is 0 Å². The van der Waals surface area contributed by atoms with Crippen LogP contribution in [0.2, 0.25) is 5.02 Å². The Labute approximate surface area is 122 Å². The van der Waals surface area contributed by atoms with Crippen molar-refractivity contribution < 1.29 is 22.9 Å². The van der Waals surface area contributed by atoms with Gasteiger partial charge in [0.2, 0.25) is 0 Å². The number of hydrogen-bond donors (Lipinski definition) is 0. The van der Waals surface area contributed by atoms with Crippen molar-refractivity contribution in [2.45, 2.75) is 25.1 Å². The molecule has 0 saturated heterocycles. The summed E-state index contributed by atoms with van der Waals surface area (Å²) in [7, 11) is 0. The summed E-state index contributed by atoms with van der Waals surface area (Å²) in [5, 5.41) is 10.3. The maximum atomic E-state index is 12.5. The van der Waals surface area contributed by atoms with Crippen LogP contribution in [0.1, 0.15) is 23.2 Å². The van der Waals surface area contributed by atoms with Gasteiger partial charge in [-0.3, -0.25) is 14.9 Å². The lowest BCUT2D eigenvalue weighted by Crippen LogP contribution is -2.40. The number of alkyl halides is 3. The van der Waals surface area contributed by atoms with Crippen LogP contribution in [0.15, 0.2) is 18.2 Å². The number of benzene rings is 1. The summed E-state index contributed by atoms with van der Waals surface area (Å²) in [6.45, 7) is -1.39. The Kier molecular flexibility index (Phi) is 4.08. The van der Waals surface area contributed by atoms with Crippen molar-refractivity contribution in [3.63, 3.8) is 0 Å². The van der Waals surface area contributed by atoms with E-state index >= 15 is 0 Å². The fourth-order valence-corrected chi connectivity index (χ4v) is 2.20. The number of carbonyl (C=O) groups excluding carboxylic acids is 1. The van der Waals surface area contributed by atoms with Gasteiger partial charge in [0.05, 0.1) is 10.5 Å². The molecule has 1 aromatic rings. The normalized spacial score (nSPS) is 14.9. The highest BCUT2D eigenvalue weighted by Crippen LogP contribution is 2.34. The summed E-state index contributed by atoms with van der Waals surface area (Å²) < 4.78 is 37.6. The Morgan fingerprint density at radius 2 is 2.05 bits per heavy atom. The second-order valence-electron chi connectivity index (χ2n) is 4.68. The Balaban J connectivity index is 2.33. The Morgan fingerprint density at radius 3 is 2.52 bits per heavy atom. The number of rotatable bonds is 4. The average molecular weight is 323 g/mol. The molecule has 0 unspecified atom stereocenters. The predicted octanol–water partition coefficient (Wildman–Crippen LogP) is 3.42. The van der Waals surface area contributed by atoms with Crippen LogP contribution in [-0.2, 0) is 0 Å². The lowest BCUT2D eigenvalue weighted by atomic mass is 10.1. The number of nitrogens with zero attached hydrogens (tertiary/aromatic N) is 2. The molecular formula is C12H10ClF3N2O3. The van der Waals surface area contributed by atoms with Crippen molar-refractivity contribution in [3.8, 4) is 0 Å². The van der Waals surface area contributed by atoms with Gasteiger partial charge in [-0.15, -0.1) is 0 Å². The molecule has 0 N–H and O–H groups in total. The number of halogens is 4. The monoisotopic (exact) mass is 322 g/mol. The van der Waals surface area contributed by atoms with E-state index in [1.54, 1.807) is 0 Å². The van der Waals surface area contributed by atoms with E-state index in [9.17, 15) is 28.1 Å². The molecule has 2 rings (SSSR count). The first kappa shape index (κ1) is 15.6. The van der Waals surface area contributed by atoms with Crippen molar-refractivity contribution in [2.75, 3.05) is 6.54 Å². The second-order valence-corrected chi connectivity index (χ2v) is 5.05. The molecular weight excluding hydrogens is 313 g/mol. The van der Waals surface area contributed by atoms with Crippen LogP contribution in [-0.4, -0.2) is 34.5 Å². The minimum absolute atomic E-state index is 0.290. The molecule has 0 spiro atoms. The SMILES string of the molecule is O=C(c1cccc([N+](=O)[O-])c1Cl)N(CC(F)(F)F)C1CC1. The zero-order valence-corrected chi connectivity index (χ0v) is 11.3. The van der Waals surface area contributed by atoms with Crippen molar-refractivity contribution in [3.05, 3.63) is 38.9 Å². The lowest BCUT2D eigenvalue weighted by Gasteiger charge is -2.24. The number of carbonyl (C=O) groups is 1. The van der Waals surface area contributed by atoms with Gasteiger partial charge >= 0.3 is 6.18 Å². The van der Waals surface area contributed by atoms with Crippen LogP contribution in [0, 0.1) is 10.1 Å². The highest BCUT2D eigenvalue weighted by Gasteiger charge is 2.41. The molecule has 114 valence electrons. The molecule has 0 radical (unpaired) electrons. The van der Waals surface area contributed by atoms with Gasteiger partial charge in [0.25, 0.3) is 11.6 Å². The molecule has 1 saturated carbocycles. The standard InChI is InChI=1S/C12H10ClF3N2O3/c13-10-8(2-1-3-9(10)18(20)21)11(19)17(7-4-5-7)6-12(14,15)16/h1-3,7H,4-6H2. The molecule has 0 aromatic heterocycles. The molecule has 1 aromatic carbocycles. The highest BCUT2D eigenvalue weighted by atomic mass is 35.5. The van der Waals surface area contributed by atoms with Gasteiger partial charge in [-0.2, -0.15) is 13.2 Å². The number of nitro groups is 1. The summed E-state index contributed by atoms with van der Waals surface area (Å²) in [5.74, 6) is -0.941. The van der Waals surface area contributed by atoms with Gasteiger partial charge in [-0.25, -0.2) is 0 Å². The summed E-state index contributed by atoms with van der Waals surface area (Å²) in [5.41, 5.74) is -0.799. The zero-order chi connectivity index (χ0) is 15.8. The summed E-state index contributed by atoms with van der Waals surface area (Å²) in [4.78, 5) is 22.9. The molecule has 5 nitrogen and oxygen atoms in total. The Morgan fingerprint density at radius 1 is 1.43 bits per heavy atom. The maximum absolute atomic E-state index is 12.5. The van der Waals surface area contributed by atoms with Crippen LogP contribution in [0.25, 0.3) is 0 Å². The molecule has 1 amide bonds. The van der Waals surface area contributed by atoms with E-state index in [-0.39, 0.29) is 5.56 Å². The molecule has 1 fully saturated rings. The minimum Gasteiger partial charge on any atom is -0.327 e. The maximum Gasteiger partial charge on any atom is 0.406 e. The molecule has 9 heteroatoms. The second kappa shape index (κ2) is 5.51. The van der Waals surface area contributed by atoms with Crippen molar-refractivity contribution >= 4 is 23.2 Å². The van der Waals surface area contributed by atoms with E-state index in [0.29, 0.717) is 17.7 Å². The molecule has 1 aliphatic carbocycles. The van der Waals surface area contributed by atoms with E-state index in [2.05, 4.69) is 0 Å². The first-order valence-electron chi connectivity index (χ1n) is 6.01. The first-order valence-corrected chi connectivity index (χ1v) is 6.39. The summed E-state index contributed by atoms with van der Waals surface area (Å²) in [6.07, 6.45) is -3.58. The Hall–Kier alpha value is -1.83. The molecule has 21 heavy (non-hydrogen) atoms. The Bertz CT molecular complexity index is 588. The zero-order valence-electron chi connectivity index (χ0n) is 10.6. The lowest BCUT2D eigenvalue weighted by molar-refractivity contribution is -0.384. The van der Waals surface area contributed by atoms with Gasteiger partial charge in [0.1, 0.15) is 11.6 Å². The first-order chi connectivity index (χ1) is 9.70. The quantitative estimate of drug-likeness (QED) is 0.630. The number of amides is 1. The number of hydrogen-bond acceptors (Lipinski definition) is 3. The van der Waals surface area contributed by atoms with Crippen LogP contribution >= 0.6 is 11.6 Å². The van der Waals surface area contributed by atoms with E-state index < -0.39 is 40.3 Å². The third kappa shape index (κ3) is 3.63. The average Bonchev–Trinajstić information content (AvgIpc) is 3.18. The third-order valence-corrected chi connectivity index (χ3v) is 3.40.